The molecule has 5 aliphatic rings. The fourth-order valence-electron chi connectivity index (χ4n) is 7.58. The summed E-state index contributed by atoms with van der Waals surface area (Å²) in [5.74, 6) is 3.18. The third-order valence-electron chi connectivity index (χ3n) is 7.63. The molecule has 0 aromatic carbocycles. The molecule has 3 atom stereocenters. The maximum absolute atomic E-state index is 3.98. The second-order valence-electron chi connectivity index (χ2n) is 9.63. The van der Waals surface area contributed by atoms with Gasteiger partial charge in [-0.3, -0.25) is 0 Å². The third-order valence-corrected chi connectivity index (χ3v) is 7.63. The van der Waals surface area contributed by atoms with Crippen LogP contribution in [0.3, 0.4) is 0 Å². The van der Waals surface area contributed by atoms with Crippen molar-refractivity contribution in [3.63, 3.8) is 0 Å². The first-order valence-electron chi connectivity index (χ1n) is 9.84. The Balaban J connectivity index is 1.56. The topological polar surface area (TPSA) is 12.0 Å². The van der Waals surface area contributed by atoms with Gasteiger partial charge in [0, 0.05) is 6.04 Å². The Morgan fingerprint density at radius 2 is 1.71 bits per heavy atom. The molecule has 3 unspecified atom stereocenters. The quantitative estimate of drug-likeness (QED) is 0.738. The van der Waals surface area contributed by atoms with Crippen LogP contribution in [0.15, 0.2) is 0 Å². The molecular formula is C20H35N. The molecule has 0 radical (unpaired) electrons. The van der Waals surface area contributed by atoms with Crippen LogP contribution in [0.1, 0.15) is 84.5 Å². The molecule has 0 aromatic rings. The Morgan fingerprint density at radius 1 is 1.05 bits per heavy atom. The van der Waals surface area contributed by atoms with Gasteiger partial charge < -0.3 is 5.32 Å². The van der Waals surface area contributed by atoms with Gasteiger partial charge in [-0.15, -0.1) is 0 Å². The summed E-state index contributed by atoms with van der Waals surface area (Å²) in [5.41, 5.74) is 1.38. The summed E-state index contributed by atoms with van der Waals surface area (Å²) in [6.07, 6.45) is 16.8. The molecule has 1 heteroatoms. The molecule has 0 amide bonds. The van der Waals surface area contributed by atoms with E-state index in [9.17, 15) is 0 Å². The summed E-state index contributed by atoms with van der Waals surface area (Å²) < 4.78 is 0. The van der Waals surface area contributed by atoms with Gasteiger partial charge in [0.15, 0.2) is 0 Å². The summed E-state index contributed by atoms with van der Waals surface area (Å²) in [7, 11) is 0. The fraction of sp³-hybridized carbons (Fsp3) is 1.00. The molecule has 4 bridgehead atoms. The van der Waals surface area contributed by atoms with Gasteiger partial charge in [0.1, 0.15) is 0 Å². The smallest absolute Gasteiger partial charge is 0.0126 e. The van der Waals surface area contributed by atoms with Crippen molar-refractivity contribution < 1.29 is 0 Å². The first-order valence-corrected chi connectivity index (χ1v) is 9.84. The zero-order chi connectivity index (χ0) is 14.5. The highest BCUT2D eigenvalue weighted by Crippen LogP contribution is 2.66. The Hall–Kier alpha value is -0.0400. The van der Waals surface area contributed by atoms with Crippen molar-refractivity contribution in [2.45, 2.75) is 90.5 Å². The molecule has 5 fully saturated rings. The van der Waals surface area contributed by atoms with Crippen LogP contribution in [0.2, 0.25) is 0 Å². The largest absolute Gasteiger partial charge is 0.314 e. The molecule has 5 saturated carbocycles. The van der Waals surface area contributed by atoms with Crippen molar-refractivity contribution >= 4 is 0 Å². The zero-order valence-electron chi connectivity index (χ0n) is 14.3. The lowest BCUT2D eigenvalue weighted by molar-refractivity contribution is -0.120. The van der Waals surface area contributed by atoms with Crippen molar-refractivity contribution in [3.05, 3.63) is 0 Å². The van der Waals surface area contributed by atoms with E-state index in [4.69, 9.17) is 0 Å². The fourth-order valence-corrected chi connectivity index (χ4v) is 7.58. The molecule has 5 rings (SSSR count). The van der Waals surface area contributed by atoms with E-state index in [0.29, 0.717) is 10.8 Å². The van der Waals surface area contributed by atoms with Gasteiger partial charge in [-0.05, 0) is 80.1 Å². The van der Waals surface area contributed by atoms with Crippen LogP contribution in [-0.4, -0.2) is 12.6 Å². The summed E-state index contributed by atoms with van der Waals surface area (Å²) >= 11 is 0. The first kappa shape index (κ1) is 14.5. The van der Waals surface area contributed by atoms with Crippen molar-refractivity contribution in [1.82, 2.24) is 5.32 Å². The minimum absolute atomic E-state index is 0.678. The van der Waals surface area contributed by atoms with E-state index in [2.05, 4.69) is 19.2 Å². The monoisotopic (exact) mass is 289 g/mol. The lowest BCUT2D eigenvalue weighted by Gasteiger charge is -2.64. The highest BCUT2D eigenvalue weighted by atomic mass is 14.9. The Kier molecular flexibility index (Phi) is 3.64. The maximum Gasteiger partial charge on any atom is 0.0126 e. The molecule has 1 nitrogen and oxygen atoms in total. The molecule has 0 heterocycles. The highest BCUT2D eigenvalue weighted by Gasteiger charge is 2.58. The summed E-state index contributed by atoms with van der Waals surface area (Å²) in [6, 6.07) is 0.829. The molecule has 0 aliphatic heterocycles. The van der Waals surface area contributed by atoms with E-state index in [1.165, 1.54) is 45.1 Å². The van der Waals surface area contributed by atoms with E-state index < -0.39 is 0 Å². The third kappa shape index (κ3) is 2.58. The van der Waals surface area contributed by atoms with Crippen LogP contribution in [0.5, 0.6) is 0 Å². The second kappa shape index (κ2) is 5.25. The molecule has 5 aliphatic carbocycles. The second-order valence-corrected chi connectivity index (χ2v) is 9.63. The van der Waals surface area contributed by atoms with Crippen molar-refractivity contribution in [1.29, 1.82) is 0 Å². The van der Waals surface area contributed by atoms with E-state index in [1.807, 2.05) is 0 Å². The summed E-state index contributed by atoms with van der Waals surface area (Å²) in [5, 5.41) is 3.98. The van der Waals surface area contributed by atoms with Gasteiger partial charge in [0.2, 0.25) is 0 Å². The molecule has 1 N–H and O–H groups in total. The average molecular weight is 290 g/mol. The van der Waals surface area contributed by atoms with E-state index in [1.54, 1.807) is 32.1 Å². The van der Waals surface area contributed by atoms with Crippen LogP contribution in [0.4, 0.5) is 0 Å². The maximum atomic E-state index is 3.98. The molecular weight excluding hydrogens is 254 g/mol. The number of rotatable bonds is 5. The molecule has 0 spiro atoms. The van der Waals surface area contributed by atoms with Gasteiger partial charge in [-0.25, -0.2) is 0 Å². The lowest BCUT2D eigenvalue weighted by Crippen LogP contribution is -2.59. The van der Waals surface area contributed by atoms with E-state index in [-0.39, 0.29) is 0 Å². The number of hydrogen-bond donors (Lipinski definition) is 1. The van der Waals surface area contributed by atoms with Crippen molar-refractivity contribution in [3.8, 4) is 0 Å². The van der Waals surface area contributed by atoms with Gasteiger partial charge in [-0.1, -0.05) is 39.5 Å². The van der Waals surface area contributed by atoms with Gasteiger partial charge in [0.05, 0.1) is 0 Å². The SMILES string of the molecule is CCNC(CC1CCCC1)C12CC3CC(CC(C)(C3)C1)C2. The van der Waals surface area contributed by atoms with Crippen LogP contribution >= 0.6 is 0 Å². The molecule has 0 saturated heterocycles. The normalized spacial score (nSPS) is 47.1. The van der Waals surface area contributed by atoms with E-state index in [0.717, 1.165) is 23.8 Å². The first-order chi connectivity index (χ1) is 10.1. The lowest BCUT2D eigenvalue weighted by atomic mass is 9.43. The van der Waals surface area contributed by atoms with Crippen LogP contribution in [-0.2, 0) is 0 Å². The minimum atomic E-state index is 0.678. The molecule has 21 heavy (non-hydrogen) atoms. The van der Waals surface area contributed by atoms with Gasteiger partial charge in [0.25, 0.3) is 0 Å². The number of nitrogens with one attached hydrogen (secondary N) is 1. The standard InChI is InChI=1S/C20H35N/c1-3-21-18(9-15-6-4-5-7-15)20-12-16-8-17(13-20)11-19(2,10-16)14-20/h15-18,21H,3-14H2,1-2H3. The Labute approximate surface area is 131 Å². The van der Waals surface area contributed by atoms with Crippen LogP contribution < -0.4 is 5.32 Å². The summed E-state index contributed by atoms with van der Waals surface area (Å²) in [4.78, 5) is 0. The predicted molar refractivity (Wildman–Crippen MR) is 89.3 cm³/mol. The Bertz CT molecular complexity index is 367. The van der Waals surface area contributed by atoms with Gasteiger partial charge >= 0.3 is 0 Å². The molecule has 120 valence electrons. The van der Waals surface area contributed by atoms with Crippen LogP contribution in [0, 0.1) is 28.6 Å². The Morgan fingerprint density at radius 3 is 2.29 bits per heavy atom. The highest BCUT2D eigenvalue weighted by molar-refractivity contribution is 5.10. The van der Waals surface area contributed by atoms with Crippen molar-refractivity contribution in [2.75, 3.05) is 6.54 Å². The van der Waals surface area contributed by atoms with E-state index >= 15 is 0 Å². The van der Waals surface area contributed by atoms with Crippen LogP contribution in [0.25, 0.3) is 0 Å². The molecule has 0 aromatic heterocycles. The van der Waals surface area contributed by atoms with Gasteiger partial charge in [-0.2, -0.15) is 0 Å². The number of hydrogen-bond acceptors (Lipinski definition) is 1. The zero-order valence-corrected chi connectivity index (χ0v) is 14.3. The van der Waals surface area contributed by atoms with Crippen molar-refractivity contribution in [2.24, 2.45) is 28.6 Å². The average Bonchev–Trinajstić information content (AvgIpc) is 2.88. The minimum Gasteiger partial charge on any atom is -0.314 e. The summed E-state index contributed by atoms with van der Waals surface area (Å²) in [6.45, 7) is 6.12. The predicted octanol–water partition coefficient (Wildman–Crippen LogP) is 5.15.